The summed E-state index contributed by atoms with van der Waals surface area (Å²) in [5.74, 6) is 0.847. The molecule has 2 aliphatic rings. The summed E-state index contributed by atoms with van der Waals surface area (Å²) >= 11 is 0. The number of hydrogen-bond donors (Lipinski definition) is 1. The van der Waals surface area contributed by atoms with E-state index in [0.717, 1.165) is 32.1 Å². The number of aliphatic hydroxyl groups excluding tert-OH is 1. The summed E-state index contributed by atoms with van der Waals surface area (Å²) in [5, 5.41) is 11.1. The van der Waals surface area contributed by atoms with Gasteiger partial charge in [0.2, 0.25) is 0 Å². The smallest absolute Gasteiger partial charge is 0.344 e. The van der Waals surface area contributed by atoms with Crippen LogP contribution in [0.1, 0.15) is 51.5 Å². The molecule has 5 heteroatoms. The third-order valence-electron chi connectivity index (χ3n) is 8.30. The molecule has 1 heterocycles. The second-order valence-corrected chi connectivity index (χ2v) is 10.3. The lowest BCUT2D eigenvalue weighted by molar-refractivity contribution is -0.176. The van der Waals surface area contributed by atoms with Gasteiger partial charge in [0.15, 0.2) is 6.61 Å². The third-order valence-corrected chi connectivity index (χ3v) is 8.30. The van der Waals surface area contributed by atoms with Gasteiger partial charge >= 0.3 is 5.97 Å². The highest BCUT2D eigenvalue weighted by Gasteiger charge is 2.58. The number of benzene rings is 1. The zero-order valence-electron chi connectivity index (χ0n) is 19.8. The fourth-order valence-electron chi connectivity index (χ4n) is 6.40. The Labute approximate surface area is 196 Å². The molecular formula is C28H36O5. The number of ether oxygens (including phenoxy) is 2. The van der Waals surface area contributed by atoms with E-state index in [1.165, 1.54) is 11.1 Å². The molecule has 178 valence electrons. The van der Waals surface area contributed by atoms with Crippen molar-refractivity contribution in [3.8, 4) is 5.75 Å². The van der Waals surface area contributed by atoms with E-state index >= 15 is 0 Å². The monoisotopic (exact) mass is 452 g/mol. The van der Waals surface area contributed by atoms with Gasteiger partial charge in [-0.1, -0.05) is 44.2 Å². The lowest BCUT2D eigenvalue weighted by Crippen LogP contribution is -2.58. The SMILES string of the molecule is C=C1CC[C@@H]2[C@](C)(COC(=O)COc3ccccc3)[C@H](O)CC[C@@]2(C)[C@@H]1CCc1ccoc1. The van der Waals surface area contributed by atoms with Crippen LogP contribution in [0.15, 0.2) is 65.5 Å². The van der Waals surface area contributed by atoms with Crippen LogP contribution >= 0.6 is 0 Å². The Morgan fingerprint density at radius 1 is 1.21 bits per heavy atom. The molecule has 0 radical (unpaired) electrons. The maximum absolute atomic E-state index is 12.4. The summed E-state index contributed by atoms with van der Waals surface area (Å²) < 4.78 is 16.5. The second kappa shape index (κ2) is 9.76. The van der Waals surface area contributed by atoms with Crippen LogP contribution in [0.25, 0.3) is 0 Å². The molecule has 1 aromatic heterocycles. The average Bonchev–Trinajstić information content (AvgIpc) is 3.33. The minimum Gasteiger partial charge on any atom is -0.482 e. The van der Waals surface area contributed by atoms with Gasteiger partial charge in [0, 0.05) is 5.41 Å². The summed E-state index contributed by atoms with van der Waals surface area (Å²) in [6, 6.07) is 11.3. The van der Waals surface area contributed by atoms with E-state index in [1.54, 1.807) is 6.26 Å². The Morgan fingerprint density at radius 3 is 2.73 bits per heavy atom. The molecule has 0 aliphatic heterocycles. The molecule has 2 aliphatic carbocycles. The Bertz CT molecular complexity index is 936. The van der Waals surface area contributed by atoms with E-state index in [2.05, 4.69) is 20.4 Å². The summed E-state index contributed by atoms with van der Waals surface area (Å²) in [6.07, 6.45) is 8.57. The van der Waals surface area contributed by atoms with E-state index < -0.39 is 17.5 Å². The Hall–Kier alpha value is -2.53. The lowest BCUT2D eigenvalue weighted by Gasteiger charge is -2.60. The first-order valence-corrected chi connectivity index (χ1v) is 12.0. The number of rotatable bonds is 8. The maximum atomic E-state index is 12.4. The molecule has 0 spiro atoms. The van der Waals surface area contributed by atoms with Gasteiger partial charge in [-0.3, -0.25) is 0 Å². The fraction of sp³-hybridized carbons (Fsp3) is 0.536. The number of aliphatic hydroxyl groups is 1. The predicted molar refractivity (Wildman–Crippen MR) is 127 cm³/mol. The first-order chi connectivity index (χ1) is 15.8. The third kappa shape index (κ3) is 4.89. The minimum atomic E-state index is -0.501. The molecular weight excluding hydrogens is 416 g/mol. The summed E-state index contributed by atoms with van der Waals surface area (Å²) in [6.45, 7) is 8.95. The van der Waals surface area contributed by atoms with Crippen molar-refractivity contribution < 1.29 is 23.8 Å². The highest BCUT2D eigenvalue weighted by Crippen LogP contribution is 2.61. The largest absolute Gasteiger partial charge is 0.482 e. The normalized spacial score (nSPS) is 31.6. The topological polar surface area (TPSA) is 68.9 Å². The number of hydrogen-bond acceptors (Lipinski definition) is 5. The zero-order chi connectivity index (χ0) is 23.5. The number of para-hydroxylation sites is 1. The molecule has 2 saturated carbocycles. The minimum absolute atomic E-state index is 0.0139. The average molecular weight is 453 g/mol. The summed E-state index contributed by atoms with van der Waals surface area (Å²) in [5.41, 5.74) is 2.04. The van der Waals surface area contributed by atoms with Gasteiger partial charge in [-0.15, -0.1) is 0 Å². The molecule has 0 saturated heterocycles. The van der Waals surface area contributed by atoms with Crippen molar-refractivity contribution in [1.82, 2.24) is 0 Å². The number of fused-ring (bicyclic) bond motifs is 1. The zero-order valence-corrected chi connectivity index (χ0v) is 19.8. The maximum Gasteiger partial charge on any atom is 0.344 e. The summed E-state index contributed by atoms with van der Waals surface area (Å²) in [4.78, 5) is 12.4. The van der Waals surface area contributed by atoms with E-state index in [4.69, 9.17) is 13.9 Å². The van der Waals surface area contributed by atoms with E-state index in [-0.39, 0.29) is 24.5 Å². The first kappa shape index (κ1) is 23.6. The highest BCUT2D eigenvalue weighted by molar-refractivity contribution is 5.71. The molecule has 0 bridgehead atoms. The van der Waals surface area contributed by atoms with Crippen LogP contribution in [0.3, 0.4) is 0 Å². The number of esters is 1. The fourth-order valence-corrected chi connectivity index (χ4v) is 6.40. The van der Waals surface area contributed by atoms with E-state index in [9.17, 15) is 9.90 Å². The number of allylic oxidation sites excluding steroid dienone is 1. The molecule has 2 aromatic rings. The predicted octanol–water partition coefficient (Wildman–Crippen LogP) is 5.58. The van der Waals surface area contributed by atoms with Crippen LogP contribution in [0.2, 0.25) is 0 Å². The van der Waals surface area contributed by atoms with E-state index in [1.807, 2.05) is 42.7 Å². The Kier molecular flexibility index (Phi) is 6.99. The van der Waals surface area contributed by atoms with Gasteiger partial charge in [-0.05, 0) is 79.5 Å². The molecule has 1 N–H and O–H groups in total. The lowest BCUT2D eigenvalue weighted by atomic mass is 9.46. The molecule has 0 amide bonds. The van der Waals surface area contributed by atoms with Crippen molar-refractivity contribution in [3.63, 3.8) is 0 Å². The second-order valence-electron chi connectivity index (χ2n) is 10.3. The Morgan fingerprint density at radius 2 is 2.00 bits per heavy atom. The van der Waals surface area contributed by atoms with Crippen molar-refractivity contribution in [3.05, 3.63) is 66.6 Å². The number of carbonyl (C=O) groups excluding carboxylic acids is 1. The van der Waals surface area contributed by atoms with Gasteiger partial charge in [0.25, 0.3) is 0 Å². The van der Waals surface area contributed by atoms with Crippen molar-refractivity contribution in [2.24, 2.45) is 22.7 Å². The van der Waals surface area contributed by atoms with Crippen molar-refractivity contribution in [2.75, 3.05) is 13.2 Å². The van der Waals surface area contributed by atoms with Crippen LogP contribution in [0.4, 0.5) is 0 Å². The van der Waals surface area contributed by atoms with Gasteiger partial charge in [-0.2, -0.15) is 0 Å². The Balaban J connectivity index is 1.43. The quantitative estimate of drug-likeness (QED) is 0.418. The molecule has 4 rings (SSSR count). The number of carbonyl (C=O) groups is 1. The number of aryl methyl sites for hydroxylation is 1. The van der Waals surface area contributed by atoms with Crippen molar-refractivity contribution in [1.29, 1.82) is 0 Å². The van der Waals surface area contributed by atoms with Gasteiger partial charge < -0.3 is 19.0 Å². The van der Waals surface area contributed by atoms with Crippen LogP contribution in [0, 0.1) is 22.7 Å². The van der Waals surface area contributed by atoms with Gasteiger partial charge in [0.1, 0.15) is 5.75 Å². The van der Waals surface area contributed by atoms with Crippen LogP contribution < -0.4 is 4.74 Å². The van der Waals surface area contributed by atoms with Crippen molar-refractivity contribution in [2.45, 2.75) is 58.5 Å². The van der Waals surface area contributed by atoms with Crippen LogP contribution in [-0.4, -0.2) is 30.4 Å². The molecule has 2 fully saturated rings. The highest BCUT2D eigenvalue weighted by atomic mass is 16.6. The standard InChI is InChI=1S/C28H36O5/c1-20-9-12-24-27(2,23(20)11-10-21-14-16-31-17-21)15-13-25(29)28(24,3)19-33-26(30)18-32-22-7-5-4-6-8-22/h4-8,14,16-17,23-25,29H,1,9-13,15,18-19H2,2-3H3/t23-,24+,25-,27+,28+/m1/s1. The van der Waals surface area contributed by atoms with Crippen LogP contribution in [0.5, 0.6) is 5.75 Å². The molecule has 0 unspecified atom stereocenters. The van der Waals surface area contributed by atoms with Crippen LogP contribution in [-0.2, 0) is 16.0 Å². The molecule has 5 nitrogen and oxygen atoms in total. The summed E-state index contributed by atoms with van der Waals surface area (Å²) in [7, 11) is 0. The molecule has 1 aromatic carbocycles. The van der Waals surface area contributed by atoms with Gasteiger partial charge in [0.05, 0.1) is 25.2 Å². The van der Waals surface area contributed by atoms with Crippen molar-refractivity contribution >= 4 is 5.97 Å². The van der Waals surface area contributed by atoms with E-state index in [0.29, 0.717) is 18.1 Å². The number of furan rings is 1. The molecule has 5 atom stereocenters. The molecule has 33 heavy (non-hydrogen) atoms. The first-order valence-electron chi connectivity index (χ1n) is 12.0. The van der Waals surface area contributed by atoms with Gasteiger partial charge in [-0.25, -0.2) is 4.79 Å².